The van der Waals surface area contributed by atoms with Gasteiger partial charge in [-0.2, -0.15) is 0 Å². The standard InChI is InChI=1S/C8H10BrNO4S2/c1-3-10-16(12,13)6-4-5(8(11)14-2)15-7(6)9/h4,10H,3H2,1-2H3. The van der Waals surface area contributed by atoms with Crippen molar-refractivity contribution in [1.29, 1.82) is 0 Å². The first-order chi connectivity index (χ1) is 7.42. The quantitative estimate of drug-likeness (QED) is 0.852. The molecule has 0 saturated heterocycles. The predicted octanol–water partition coefficient (Wildman–Crippen LogP) is 1.60. The van der Waals surface area contributed by atoms with Gasteiger partial charge in [0.15, 0.2) is 0 Å². The molecule has 1 aromatic rings. The summed E-state index contributed by atoms with van der Waals surface area (Å²) in [7, 11) is -2.31. The molecule has 0 aliphatic rings. The van der Waals surface area contributed by atoms with Gasteiger partial charge in [-0.3, -0.25) is 0 Å². The number of hydrogen-bond donors (Lipinski definition) is 1. The maximum atomic E-state index is 11.7. The van der Waals surface area contributed by atoms with Crippen molar-refractivity contribution in [2.24, 2.45) is 0 Å². The van der Waals surface area contributed by atoms with Gasteiger partial charge in [0.1, 0.15) is 9.77 Å². The molecule has 0 unspecified atom stereocenters. The number of thiophene rings is 1. The topological polar surface area (TPSA) is 72.5 Å². The molecule has 1 aromatic heterocycles. The molecule has 0 fully saturated rings. The number of sulfonamides is 1. The van der Waals surface area contributed by atoms with E-state index in [0.717, 1.165) is 11.3 Å². The number of halogens is 1. The minimum atomic E-state index is -3.56. The fourth-order valence-corrected chi connectivity index (χ4v) is 4.53. The largest absolute Gasteiger partial charge is 0.465 e. The van der Waals surface area contributed by atoms with Crippen molar-refractivity contribution in [3.8, 4) is 0 Å². The fourth-order valence-electron chi connectivity index (χ4n) is 1.00. The van der Waals surface area contributed by atoms with Crippen molar-refractivity contribution >= 4 is 43.3 Å². The second kappa shape index (κ2) is 5.26. The van der Waals surface area contributed by atoms with Crippen molar-refractivity contribution in [1.82, 2.24) is 4.72 Å². The third-order valence-corrected chi connectivity index (χ3v) is 5.44. The Morgan fingerprint density at radius 1 is 1.62 bits per heavy atom. The van der Waals surface area contributed by atoms with Gasteiger partial charge < -0.3 is 4.74 Å². The van der Waals surface area contributed by atoms with E-state index in [-0.39, 0.29) is 16.3 Å². The molecule has 0 radical (unpaired) electrons. The molecule has 1 heterocycles. The molecule has 0 spiro atoms. The van der Waals surface area contributed by atoms with Crippen LogP contribution in [0.3, 0.4) is 0 Å². The highest BCUT2D eigenvalue weighted by atomic mass is 79.9. The zero-order valence-electron chi connectivity index (χ0n) is 8.61. The summed E-state index contributed by atoms with van der Waals surface area (Å²) in [5, 5.41) is 0. The van der Waals surface area contributed by atoms with E-state index >= 15 is 0 Å². The lowest BCUT2D eigenvalue weighted by atomic mass is 10.5. The molecule has 0 saturated carbocycles. The fraction of sp³-hybridized carbons (Fsp3) is 0.375. The lowest BCUT2D eigenvalue weighted by molar-refractivity contribution is 0.0606. The second-order valence-corrected chi connectivity index (χ2v) is 6.85. The van der Waals surface area contributed by atoms with E-state index in [1.807, 2.05) is 0 Å². The van der Waals surface area contributed by atoms with E-state index in [1.54, 1.807) is 6.92 Å². The Hall–Kier alpha value is -0.440. The Morgan fingerprint density at radius 2 is 2.25 bits per heavy atom. The molecule has 8 heteroatoms. The average Bonchev–Trinajstić information content (AvgIpc) is 2.60. The Kier molecular flexibility index (Phi) is 4.48. The summed E-state index contributed by atoms with van der Waals surface area (Å²) in [6, 6.07) is 1.29. The number of carbonyl (C=O) groups excluding carboxylic acids is 1. The van der Waals surface area contributed by atoms with Crippen LogP contribution in [0, 0.1) is 0 Å². The maximum absolute atomic E-state index is 11.7. The van der Waals surface area contributed by atoms with E-state index in [4.69, 9.17) is 0 Å². The Bertz CT molecular complexity index is 494. The van der Waals surface area contributed by atoms with Gasteiger partial charge in [-0.25, -0.2) is 17.9 Å². The molecular weight excluding hydrogens is 318 g/mol. The van der Waals surface area contributed by atoms with Crippen LogP contribution in [0.4, 0.5) is 0 Å². The third-order valence-electron chi connectivity index (χ3n) is 1.67. The number of hydrogen-bond acceptors (Lipinski definition) is 5. The first-order valence-electron chi connectivity index (χ1n) is 4.29. The molecule has 0 aromatic carbocycles. The zero-order chi connectivity index (χ0) is 12.3. The number of methoxy groups -OCH3 is 1. The van der Waals surface area contributed by atoms with Gasteiger partial charge >= 0.3 is 5.97 Å². The van der Waals surface area contributed by atoms with Crippen LogP contribution in [0.15, 0.2) is 14.7 Å². The molecule has 0 bridgehead atoms. The SMILES string of the molecule is CCNS(=O)(=O)c1cc(C(=O)OC)sc1Br. The smallest absolute Gasteiger partial charge is 0.348 e. The molecule has 5 nitrogen and oxygen atoms in total. The number of carbonyl (C=O) groups is 1. The predicted molar refractivity (Wildman–Crippen MR) is 64.2 cm³/mol. The zero-order valence-corrected chi connectivity index (χ0v) is 11.8. The second-order valence-electron chi connectivity index (χ2n) is 2.74. The molecule has 1 N–H and O–H groups in total. The van der Waals surface area contributed by atoms with Crippen molar-refractivity contribution in [3.05, 3.63) is 14.7 Å². The van der Waals surface area contributed by atoms with Crippen LogP contribution < -0.4 is 4.72 Å². The van der Waals surface area contributed by atoms with E-state index in [2.05, 4.69) is 25.4 Å². The lowest BCUT2D eigenvalue weighted by Gasteiger charge is -2.01. The van der Waals surface area contributed by atoms with Crippen LogP contribution in [0.25, 0.3) is 0 Å². The van der Waals surface area contributed by atoms with Crippen LogP contribution >= 0.6 is 27.3 Å². The van der Waals surface area contributed by atoms with Gasteiger partial charge in [-0.05, 0) is 22.0 Å². The normalized spacial score (nSPS) is 11.4. The summed E-state index contributed by atoms with van der Waals surface area (Å²) in [6.07, 6.45) is 0. The third kappa shape index (κ3) is 2.82. The molecule has 0 aliphatic carbocycles. The number of esters is 1. The minimum absolute atomic E-state index is 0.0553. The van der Waals surface area contributed by atoms with Crippen LogP contribution in [0.1, 0.15) is 16.6 Å². The van der Waals surface area contributed by atoms with E-state index in [1.165, 1.54) is 13.2 Å². The van der Waals surface area contributed by atoms with E-state index in [0.29, 0.717) is 3.79 Å². The van der Waals surface area contributed by atoms with Crippen LogP contribution in [0.5, 0.6) is 0 Å². The number of rotatable bonds is 4. The summed E-state index contributed by atoms with van der Waals surface area (Å²) in [6.45, 7) is 1.97. The Morgan fingerprint density at radius 3 is 2.75 bits per heavy atom. The van der Waals surface area contributed by atoms with Gasteiger partial charge in [0.25, 0.3) is 0 Å². The Labute approximate surface area is 106 Å². The summed E-state index contributed by atoms with van der Waals surface area (Å²) >= 11 is 4.13. The highest BCUT2D eigenvalue weighted by molar-refractivity contribution is 9.11. The van der Waals surface area contributed by atoms with Crippen molar-refractivity contribution in [2.75, 3.05) is 13.7 Å². The Balaban J connectivity index is 3.17. The average molecular weight is 328 g/mol. The molecule has 0 amide bonds. The highest BCUT2D eigenvalue weighted by Gasteiger charge is 2.22. The summed E-state index contributed by atoms with van der Waals surface area (Å²) in [4.78, 5) is 11.5. The summed E-state index contributed by atoms with van der Waals surface area (Å²) in [5.74, 6) is -0.552. The molecular formula is C8H10BrNO4S2. The number of nitrogens with one attached hydrogen (secondary N) is 1. The van der Waals surface area contributed by atoms with Crippen LogP contribution in [-0.2, 0) is 14.8 Å². The monoisotopic (exact) mass is 327 g/mol. The molecule has 90 valence electrons. The first kappa shape index (κ1) is 13.6. The van der Waals surface area contributed by atoms with E-state index in [9.17, 15) is 13.2 Å². The number of ether oxygens (including phenoxy) is 1. The van der Waals surface area contributed by atoms with Crippen LogP contribution in [-0.4, -0.2) is 28.0 Å². The molecule has 1 rings (SSSR count). The minimum Gasteiger partial charge on any atom is -0.465 e. The van der Waals surface area contributed by atoms with Gasteiger partial charge in [0.2, 0.25) is 10.0 Å². The molecule has 16 heavy (non-hydrogen) atoms. The van der Waals surface area contributed by atoms with Crippen molar-refractivity contribution < 1.29 is 17.9 Å². The van der Waals surface area contributed by atoms with Crippen molar-refractivity contribution in [3.63, 3.8) is 0 Å². The van der Waals surface area contributed by atoms with E-state index < -0.39 is 16.0 Å². The van der Waals surface area contributed by atoms with Crippen LogP contribution in [0.2, 0.25) is 0 Å². The van der Waals surface area contributed by atoms with Gasteiger partial charge in [0, 0.05) is 6.54 Å². The van der Waals surface area contributed by atoms with Crippen molar-refractivity contribution in [2.45, 2.75) is 11.8 Å². The molecule has 0 atom stereocenters. The lowest BCUT2D eigenvalue weighted by Crippen LogP contribution is -2.22. The van der Waals surface area contributed by atoms with Gasteiger partial charge in [0.05, 0.1) is 10.9 Å². The molecule has 0 aliphatic heterocycles. The van der Waals surface area contributed by atoms with Gasteiger partial charge in [-0.1, -0.05) is 6.92 Å². The summed E-state index contributed by atoms with van der Waals surface area (Å²) in [5.41, 5.74) is 0. The first-order valence-corrected chi connectivity index (χ1v) is 7.39. The van der Waals surface area contributed by atoms with Gasteiger partial charge in [-0.15, -0.1) is 11.3 Å². The maximum Gasteiger partial charge on any atom is 0.348 e. The highest BCUT2D eigenvalue weighted by Crippen LogP contribution is 2.31. The summed E-state index contributed by atoms with van der Waals surface area (Å²) < 4.78 is 30.6.